The molecule has 3 aromatic rings. The minimum absolute atomic E-state index is 0.152. The molecular weight excluding hydrogens is 446 g/mol. The highest BCUT2D eigenvalue weighted by molar-refractivity contribution is 7.15. The van der Waals surface area contributed by atoms with E-state index in [1.807, 2.05) is 36.6 Å². The summed E-state index contributed by atoms with van der Waals surface area (Å²) in [6.07, 6.45) is 3.05. The number of hydrogen-bond donors (Lipinski definition) is 1. The third-order valence-electron chi connectivity index (χ3n) is 5.62. The lowest BCUT2D eigenvalue weighted by molar-refractivity contribution is -0.116. The molecule has 34 heavy (non-hydrogen) atoms. The minimum Gasteiger partial charge on any atom is -0.494 e. The predicted octanol–water partition coefficient (Wildman–Crippen LogP) is 6.96. The number of carbonyl (C=O) groups is 2. The van der Waals surface area contributed by atoms with Crippen molar-refractivity contribution >= 4 is 28.2 Å². The van der Waals surface area contributed by atoms with Crippen molar-refractivity contribution in [2.24, 2.45) is 0 Å². The van der Waals surface area contributed by atoms with Crippen molar-refractivity contribution in [3.05, 3.63) is 70.1 Å². The molecule has 1 aromatic heterocycles. The molecule has 1 amide bonds. The molecule has 1 heterocycles. The largest absolute Gasteiger partial charge is 0.494 e. The van der Waals surface area contributed by atoms with Crippen LogP contribution in [0, 0.1) is 13.8 Å². The molecule has 0 saturated heterocycles. The van der Waals surface area contributed by atoms with Gasteiger partial charge < -0.3 is 14.8 Å². The zero-order chi connectivity index (χ0) is 24.5. The van der Waals surface area contributed by atoms with Crippen molar-refractivity contribution in [3.63, 3.8) is 0 Å². The lowest BCUT2D eigenvalue weighted by atomic mass is 9.99. The lowest BCUT2D eigenvalue weighted by Crippen LogP contribution is -2.15. The minimum atomic E-state index is -0.429. The molecule has 0 spiro atoms. The van der Waals surface area contributed by atoms with Crippen LogP contribution in [-0.2, 0) is 16.0 Å². The molecule has 0 unspecified atom stereocenters. The number of hydrogen-bond acceptors (Lipinski definition) is 5. The number of carbonyl (C=O) groups excluding carboxylic acids is 2. The predicted molar refractivity (Wildman–Crippen MR) is 139 cm³/mol. The average molecular weight is 480 g/mol. The number of anilines is 1. The van der Waals surface area contributed by atoms with Gasteiger partial charge >= 0.3 is 5.97 Å². The van der Waals surface area contributed by atoms with Gasteiger partial charge in [-0.3, -0.25) is 4.79 Å². The summed E-state index contributed by atoms with van der Waals surface area (Å²) in [5, 5.41) is 5.33. The molecule has 0 radical (unpaired) electrons. The van der Waals surface area contributed by atoms with Crippen LogP contribution in [0.1, 0.15) is 60.2 Å². The van der Waals surface area contributed by atoms with E-state index in [1.165, 1.54) is 22.5 Å². The molecule has 1 N–H and O–H groups in total. The fraction of sp³-hybridized carbons (Fsp3) is 0.357. The highest BCUT2D eigenvalue weighted by Gasteiger charge is 2.23. The molecule has 180 valence electrons. The van der Waals surface area contributed by atoms with Crippen molar-refractivity contribution in [2.45, 2.75) is 53.4 Å². The van der Waals surface area contributed by atoms with Crippen LogP contribution < -0.4 is 10.1 Å². The van der Waals surface area contributed by atoms with Gasteiger partial charge in [-0.15, -0.1) is 11.3 Å². The van der Waals surface area contributed by atoms with E-state index in [0.29, 0.717) is 30.0 Å². The maximum absolute atomic E-state index is 12.7. The Morgan fingerprint density at radius 2 is 1.76 bits per heavy atom. The van der Waals surface area contributed by atoms with Gasteiger partial charge in [-0.25, -0.2) is 4.79 Å². The second kappa shape index (κ2) is 12.4. The van der Waals surface area contributed by atoms with Gasteiger partial charge in [0.15, 0.2) is 0 Å². The maximum atomic E-state index is 12.7. The average Bonchev–Trinajstić information content (AvgIpc) is 3.23. The van der Waals surface area contributed by atoms with Gasteiger partial charge in [-0.2, -0.15) is 0 Å². The van der Waals surface area contributed by atoms with E-state index in [4.69, 9.17) is 9.47 Å². The zero-order valence-corrected chi connectivity index (χ0v) is 21.2. The standard InChI is InChI=1S/C28H33NO4S/c1-5-8-21-11-14-23(15-12-21)33-16-7-9-25(30)29-27-26(28(31)32-6-2)24(18-34-27)22-13-10-19(3)20(4)17-22/h10-15,17-18H,5-9,16H2,1-4H3,(H,29,30). The Labute approximate surface area is 206 Å². The summed E-state index contributed by atoms with van der Waals surface area (Å²) in [5.41, 5.74) is 5.74. The summed E-state index contributed by atoms with van der Waals surface area (Å²) in [7, 11) is 0. The second-order valence-corrected chi connectivity index (χ2v) is 9.15. The molecule has 5 nitrogen and oxygen atoms in total. The third kappa shape index (κ3) is 6.70. The van der Waals surface area contributed by atoms with E-state index in [9.17, 15) is 9.59 Å². The van der Waals surface area contributed by atoms with Crippen LogP contribution in [-0.4, -0.2) is 25.1 Å². The summed E-state index contributed by atoms with van der Waals surface area (Å²) in [5.74, 6) is 0.226. The number of rotatable bonds is 11. The molecule has 0 atom stereocenters. The van der Waals surface area contributed by atoms with E-state index in [0.717, 1.165) is 35.3 Å². The number of esters is 1. The van der Waals surface area contributed by atoms with E-state index in [2.05, 4.69) is 37.4 Å². The van der Waals surface area contributed by atoms with Crippen LogP contribution in [0.4, 0.5) is 5.00 Å². The van der Waals surface area contributed by atoms with E-state index >= 15 is 0 Å². The Morgan fingerprint density at radius 1 is 1.00 bits per heavy atom. The summed E-state index contributed by atoms with van der Waals surface area (Å²) in [6, 6.07) is 14.2. The second-order valence-electron chi connectivity index (χ2n) is 8.27. The van der Waals surface area contributed by atoms with Crippen LogP contribution in [0.3, 0.4) is 0 Å². The van der Waals surface area contributed by atoms with Crippen LogP contribution in [0.25, 0.3) is 11.1 Å². The zero-order valence-electron chi connectivity index (χ0n) is 20.4. The van der Waals surface area contributed by atoms with Crippen LogP contribution in [0.15, 0.2) is 47.8 Å². The van der Waals surface area contributed by atoms with Gasteiger partial charge in [-0.05, 0) is 68.0 Å². The Morgan fingerprint density at radius 3 is 2.44 bits per heavy atom. The topological polar surface area (TPSA) is 64.6 Å². The number of nitrogens with one attached hydrogen (secondary N) is 1. The van der Waals surface area contributed by atoms with Crippen molar-refractivity contribution in [2.75, 3.05) is 18.5 Å². The summed E-state index contributed by atoms with van der Waals surface area (Å²) in [4.78, 5) is 25.4. The van der Waals surface area contributed by atoms with E-state index in [1.54, 1.807) is 6.92 Å². The first-order chi connectivity index (χ1) is 16.4. The highest BCUT2D eigenvalue weighted by Crippen LogP contribution is 2.37. The van der Waals surface area contributed by atoms with Gasteiger partial charge in [0.25, 0.3) is 0 Å². The first kappa shape index (κ1) is 25.5. The molecule has 6 heteroatoms. The Balaban J connectivity index is 1.62. The molecule has 2 aromatic carbocycles. The quantitative estimate of drug-likeness (QED) is 0.238. The van der Waals surface area contributed by atoms with Gasteiger partial charge in [0.2, 0.25) is 5.91 Å². The van der Waals surface area contributed by atoms with Crippen LogP contribution in [0.2, 0.25) is 0 Å². The van der Waals surface area contributed by atoms with Crippen molar-refractivity contribution in [3.8, 4) is 16.9 Å². The first-order valence-electron chi connectivity index (χ1n) is 11.8. The number of thiophene rings is 1. The molecule has 0 aliphatic rings. The van der Waals surface area contributed by atoms with Gasteiger partial charge in [0, 0.05) is 17.4 Å². The van der Waals surface area contributed by atoms with Gasteiger partial charge in [-0.1, -0.05) is 43.7 Å². The third-order valence-corrected chi connectivity index (χ3v) is 6.52. The number of aryl methyl sites for hydroxylation is 3. The first-order valence-corrected chi connectivity index (χ1v) is 12.7. The molecule has 0 saturated carbocycles. The summed E-state index contributed by atoms with van der Waals surface area (Å²) < 4.78 is 11.1. The van der Waals surface area contributed by atoms with E-state index < -0.39 is 5.97 Å². The Bertz CT molecular complexity index is 1120. The number of amides is 1. The van der Waals surface area contributed by atoms with Crippen LogP contribution in [0.5, 0.6) is 5.75 Å². The normalized spacial score (nSPS) is 10.7. The smallest absolute Gasteiger partial charge is 0.341 e. The monoisotopic (exact) mass is 479 g/mol. The summed E-state index contributed by atoms with van der Waals surface area (Å²) in [6.45, 7) is 8.74. The molecule has 3 rings (SSSR count). The molecule has 0 aliphatic heterocycles. The lowest BCUT2D eigenvalue weighted by Gasteiger charge is -2.10. The SMILES string of the molecule is CCCc1ccc(OCCCC(=O)Nc2scc(-c3ccc(C)c(C)c3)c2C(=O)OCC)cc1. The fourth-order valence-corrected chi connectivity index (χ4v) is 4.60. The van der Waals surface area contributed by atoms with Crippen molar-refractivity contribution < 1.29 is 19.1 Å². The maximum Gasteiger partial charge on any atom is 0.341 e. The van der Waals surface area contributed by atoms with E-state index in [-0.39, 0.29) is 12.5 Å². The molecular formula is C28H33NO4S. The van der Waals surface area contributed by atoms with Crippen molar-refractivity contribution in [1.29, 1.82) is 0 Å². The van der Waals surface area contributed by atoms with Gasteiger partial charge in [0.1, 0.15) is 16.3 Å². The number of benzene rings is 2. The highest BCUT2D eigenvalue weighted by atomic mass is 32.1. The van der Waals surface area contributed by atoms with Crippen molar-refractivity contribution in [1.82, 2.24) is 0 Å². The molecule has 0 fully saturated rings. The Kier molecular flexibility index (Phi) is 9.28. The fourth-order valence-electron chi connectivity index (χ4n) is 3.63. The molecule has 0 aliphatic carbocycles. The number of ether oxygens (including phenoxy) is 2. The molecule has 0 bridgehead atoms. The van der Waals surface area contributed by atoms with Crippen LogP contribution >= 0.6 is 11.3 Å². The van der Waals surface area contributed by atoms with Gasteiger partial charge in [0.05, 0.1) is 13.2 Å². The summed E-state index contributed by atoms with van der Waals surface area (Å²) >= 11 is 1.34. The Hall–Kier alpha value is -3.12.